The molecule has 6 heteroatoms. The molecule has 20 heavy (non-hydrogen) atoms. The zero-order valence-corrected chi connectivity index (χ0v) is 11.5. The molecule has 0 radical (unpaired) electrons. The predicted molar refractivity (Wildman–Crippen MR) is 76.2 cm³/mol. The van der Waals surface area contributed by atoms with Crippen LogP contribution in [0, 0.1) is 0 Å². The first-order valence-corrected chi connectivity index (χ1v) is 7.42. The molecular weight excluding hydrogens is 278 g/mol. The van der Waals surface area contributed by atoms with Gasteiger partial charge in [-0.05, 0) is 12.1 Å². The van der Waals surface area contributed by atoms with E-state index in [1.54, 1.807) is 4.90 Å². The first-order valence-electron chi connectivity index (χ1n) is 6.37. The predicted octanol–water partition coefficient (Wildman–Crippen LogP) is 1.36. The largest absolute Gasteiger partial charge is 0.458 e. The van der Waals surface area contributed by atoms with E-state index < -0.39 is 6.10 Å². The maximum atomic E-state index is 11.9. The fourth-order valence-electron chi connectivity index (χ4n) is 2.30. The number of hydrogen-bond acceptors (Lipinski definition) is 5. The van der Waals surface area contributed by atoms with Crippen molar-refractivity contribution in [1.82, 2.24) is 4.90 Å². The van der Waals surface area contributed by atoms with Gasteiger partial charge in [0.2, 0.25) is 5.91 Å². The topological polar surface area (TPSA) is 73.9 Å². The molecule has 2 N–H and O–H groups in total. The van der Waals surface area contributed by atoms with Crippen molar-refractivity contribution in [3.05, 3.63) is 36.1 Å². The fourth-order valence-corrected chi connectivity index (χ4v) is 3.43. The molecule has 1 saturated heterocycles. The van der Waals surface area contributed by atoms with Crippen LogP contribution in [-0.4, -0.2) is 46.0 Å². The Kier molecular flexibility index (Phi) is 3.69. The lowest BCUT2D eigenvalue weighted by Gasteiger charge is -2.24. The monoisotopic (exact) mass is 293 g/mol. The molecule has 1 amide bonds. The molecule has 106 valence electrons. The summed E-state index contributed by atoms with van der Waals surface area (Å²) in [6.07, 6.45) is -0.926. The number of benzene rings is 1. The van der Waals surface area contributed by atoms with Gasteiger partial charge in [-0.15, -0.1) is 11.8 Å². The van der Waals surface area contributed by atoms with E-state index in [0.717, 1.165) is 11.0 Å². The van der Waals surface area contributed by atoms with Gasteiger partial charge in [0.15, 0.2) is 0 Å². The molecule has 0 bridgehead atoms. The summed E-state index contributed by atoms with van der Waals surface area (Å²) in [7, 11) is 0. The Morgan fingerprint density at radius 2 is 2.25 bits per heavy atom. The van der Waals surface area contributed by atoms with Crippen LogP contribution in [0.4, 0.5) is 0 Å². The van der Waals surface area contributed by atoms with Crippen LogP contribution in [0.5, 0.6) is 0 Å². The Bertz CT molecular complexity index is 593. The zero-order valence-electron chi connectivity index (χ0n) is 10.7. The van der Waals surface area contributed by atoms with Gasteiger partial charge < -0.3 is 19.5 Å². The number of carbonyl (C=O) groups is 1. The summed E-state index contributed by atoms with van der Waals surface area (Å²) in [4.78, 5) is 13.5. The van der Waals surface area contributed by atoms with Crippen LogP contribution < -0.4 is 0 Å². The van der Waals surface area contributed by atoms with Crippen LogP contribution in [0.15, 0.2) is 34.7 Å². The van der Waals surface area contributed by atoms with Crippen molar-refractivity contribution in [2.45, 2.75) is 11.5 Å². The van der Waals surface area contributed by atoms with E-state index in [1.165, 1.54) is 11.8 Å². The molecule has 1 aliphatic rings. The third kappa shape index (κ3) is 2.42. The number of fused-ring (bicyclic) bond motifs is 1. The van der Waals surface area contributed by atoms with Gasteiger partial charge in [0.1, 0.15) is 16.7 Å². The Morgan fingerprint density at radius 3 is 3.00 bits per heavy atom. The third-order valence-corrected chi connectivity index (χ3v) is 4.49. The maximum Gasteiger partial charge on any atom is 0.234 e. The molecule has 2 aromatic rings. The van der Waals surface area contributed by atoms with E-state index >= 15 is 0 Å². The van der Waals surface area contributed by atoms with E-state index in [4.69, 9.17) is 9.52 Å². The number of rotatable bonds is 4. The molecule has 2 atom stereocenters. The van der Waals surface area contributed by atoms with Crippen LogP contribution in [0.1, 0.15) is 11.1 Å². The van der Waals surface area contributed by atoms with Crippen molar-refractivity contribution in [3.63, 3.8) is 0 Å². The minimum absolute atomic E-state index is 0.0482. The molecule has 1 aromatic carbocycles. The van der Waals surface area contributed by atoms with Crippen LogP contribution >= 0.6 is 11.8 Å². The summed E-state index contributed by atoms with van der Waals surface area (Å²) in [5.41, 5.74) is 0.783. The first-order chi connectivity index (χ1) is 9.69. The molecule has 0 spiro atoms. The number of aliphatic hydroxyl groups is 2. The minimum Gasteiger partial charge on any atom is -0.458 e. The number of para-hydroxylation sites is 1. The second kappa shape index (κ2) is 5.47. The zero-order chi connectivity index (χ0) is 14.1. The molecule has 5 nitrogen and oxygen atoms in total. The molecular formula is C14H15NO4S. The SMILES string of the molecule is O=C1CSC(c2cc3ccccc3o2)N1C[C@H](O)CO. The number of aliphatic hydroxyl groups excluding tert-OH is 2. The standard InChI is InChI=1S/C14H15NO4S/c16-7-10(17)6-15-13(18)8-20-14(15)12-5-9-3-1-2-4-11(9)19-12/h1-5,10,14,16-17H,6-8H2/t10-,14?/m0/s1. The number of β-amino-alcohol motifs (C(OH)–C–C–N with tert-alkyl or cyclic N) is 1. The lowest BCUT2D eigenvalue weighted by molar-refractivity contribution is -0.130. The van der Waals surface area contributed by atoms with Gasteiger partial charge in [-0.2, -0.15) is 0 Å². The lowest BCUT2D eigenvalue weighted by Crippen LogP contribution is -2.36. The number of furan rings is 1. The second-order valence-electron chi connectivity index (χ2n) is 4.73. The van der Waals surface area contributed by atoms with Crippen LogP contribution in [0.25, 0.3) is 11.0 Å². The Balaban J connectivity index is 1.89. The van der Waals surface area contributed by atoms with Crippen molar-refractivity contribution >= 4 is 28.6 Å². The molecule has 1 aliphatic heterocycles. The number of amides is 1. The summed E-state index contributed by atoms with van der Waals surface area (Å²) in [5.74, 6) is 1.01. The highest BCUT2D eigenvalue weighted by Crippen LogP contribution is 2.40. The molecule has 3 rings (SSSR count). The van der Waals surface area contributed by atoms with E-state index in [2.05, 4.69) is 0 Å². The van der Waals surface area contributed by atoms with Gasteiger partial charge >= 0.3 is 0 Å². The summed E-state index contributed by atoms with van der Waals surface area (Å²) in [6, 6.07) is 9.59. The molecule has 2 heterocycles. The summed E-state index contributed by atoms with van der Waals surface area (Å²) >= 11 is 1.47. The van der Waals surface area contributed by atoms with Gasteiger partial charge in [0, 0.05) is 5.39 Å². The fraction of sp³-hybridized carbons (Fsp3) is 0.357. The number of nitrogens with zero attached hydrogens (tertiary/aromatic N) is 1. The normalized spacial score (nSPS) is 20.8. The average molecular weight is 293 g/mol. The Labute approximate surface area is 120 Å². The van der Waals surface area contributed by atoms with Crippen LogP contribution in [0.3, 0.4) is 0 Å². The number of hydrogen-bond donors (Lipinski definition) is 2. The van der Waals surface area contributed by atoms with Crippen molar-refractivity contribution in [2.24, 2.45) is 0 Å². The van der Waals surface area contributed by atoms with E-state index in [1.807, 2.05) is 30.3 Å². The minimum atomic E-state index is -0.926. The van der Waals surface area contributed by atoms with E-state index in [0.29, 0.717) is 11.5 Å². The Morgan fingerprint density at radius 1 is 1.45 bits per heavy atom. The summed E-state index contributed by atoms with van der Waals surface area (Å²) in [6.45, 7) is -0.245. The van der Waals surface area contributed by atoms with Crippen molar-refractivity contribution in [3.8, 4) is 0 Å². The van der Waals surface area contributed by atoms with E-state index in [-0.39, 0.29) is 24.4 Å². The third-order valence-electron chi connectivity index (χ3n) is 3.27. The highest BCUT2D eigenvalue weighted by atomic mass is 32.2. The van der Waals surface area contributed by atoms with Gasteiger partial charge in [-0.25, -0.2) is 0 Å². The highest BCUT2D eigenvalue weighted by molar-refractivity contribution is 8.00. The lowest BCUT2D eigenvalue weighted by atomic mass is 10.2. The molecule has 1 aromatic heterocycles. The molecule has 1 fully saturated rings. The van der Waals surface area contributed by atoms with E-state index in [9.17, 15) is 9.90 Å². The first kappa shape index (κ1) is 13.5. The van der Waals surface area contributed by atoms with Crippen molar-refractivity contribution in [2.75, 3.05) is 18.9 Å². The maximum absolute atomic E-state index is 11.9. The highest BCUT2D eigenvalue weighted by Gasteiger charge is 2.35. The Hall–Kier alpha value is -1.50. The van der Waals surface area contributed by atoms with Crippen molar-refractivity contribution < 1.29 is 19.4 Å². The van der Waals surface area contributed by atoms with Crippen LogP contribution in [0.2, 0.25) is 0 Å². The van der Waals surface area contributed by atoms with Gasteiger partial charge in [0.05, 0.1) is 25.0 Å². The van der Waals surface area contributed by atoms with Crippen LogP contribution in [-0.2, 0) is 4.79 Å². The number of thioether (sulfide) groups is 1. The van der Waals surface area contributed by atoms with Gasteiger partial charge in [-0.1, -0.05) is 18.2 Å². The van der Waals surface area contributed by atoms with Crippen molar-refractivity contribution in [1.29, 1.82) is 0 Å². The van der Waals surface area contributed by atoms with Gasteiger partial charge in [-0.3, -0.25) is 4.79 Å². The summed E-state index contributed by atoms with van der Waals surface area (Å²) in [5, 5.41) is 19.2. The molecule has 0 saturated carbocycles. The smallest absolute Gasteiger partial charge is 0.234 e. The molecule has 0 aliphatic carbocycles. The quantitative estimate of drug-likeness (QED) is 0.890. The van der Waals surface area contributed by atoms with Gasteiger partial charge in [0.25, 0.3) is 0 Å². The average Bonchev–Trinajstić information content (AvgIpc) is 3.03. The molecule has 1 unspecified atom stereocenters. The number of carbonyl (C=O) groups excluding carboxylic acids is 1. The second-order valence-corrected chi connectivity index (χ2v) is 5.80. The summed E-state index contributed by atoms with van der Waals surface area (Å²) < 4.78 is 5.79.